The van der Waals surface area contributed by atoms with Crippen molar-refractivity contribution in [3.63, 3.8) is 0 Å². The monoisotopic (exact) mass is 726 g/mol. The van der Waals surface area contributed by atoms with Gasteiger partial charge < -0.3 is 41.7 Å². The van der Waals surface area contributed by atoms with Gasteiger partial charge in [-0.1, -0.05) is 61.3 Å². The summed E-state index contributed by atoms with van der Waals surface area (Å²) in [7, 11) is 0. The molecule has 0 radical (unpaired) electrons. The van der Waals surface area contributed by atoms with Crippen LogP contribution in [0.25, 0.3) is 0 Å². The summed E-state index contributed by atoms with van der Waals surface area (Å²) < 4.78 is 5.37. The van der Waals surface area contributed by atoms with Crippen LogP contribution in [0, 0.1) is 17.8 Å². The molecule has 15 nitrogen and oxygen atoms in total. The van der Waals surface area contributed by atoms with Gasteiger partial charge in [0.2, 0.25) is 29.5 Å². The minimum atomic E-state index is -0.994. The summed E-state index contributed by atoms with van der Waals surface area (Å²) in [6, 6.07) is -3.44. The Morgan fingerprint density at radius 1 is 0.784 bits per heavy atom. The first-order valence-electron chi connectivity index (χ1n) is 18.8. The van der Waals surface area contributed by atoms with Gasteiger partial charge in [0.1, 0.15) is 18.1 Å². The number of hydrogen-bond acceptors (Lipinski definition) is 9. The number of carbonyl (C=O) groups excluding carboxylic acids is 5. The lowest BCUT2D eigenvalue weighted by molar-refractivity contribution is -0.137. The van der Waals surface area contributed by atoms with Gasteiger partial charge in [-0.05, 0) is 43.9 Å². The molecule has 1 rings (SSSR count). The maximum Gasteiger partial charge on any atom is 0.303 e. The van der Waals surface area contributed by atoms with E-state index in [2.05, 4.69) is 36.8 Å². The number of carboxylic acid groups (broad SMARTS) is 1. The van der Waals surface area contributed by atoms with E-state index in [1.807, 2.05) is 48.5 Å². The Bertz CT molecular complexity index is 1100. The van der Waals surface area contributed by atoms with E-state index in [1.54, 1.807) is 6.92 Å². The van der Waals surface area contributed by atoms with Gasteiger partial charge in [-0.3, -0.25) is 33.7 Å². The molecule has 6 atom stereocenters. The highest BCUT2D eigenvalue weighted by Gasteiger charge is 2.31. The lowest BCUT2D eigenvalue weighted by Gasteiger charge is -2.29. The first kappa shape index (κ1) is 45.7. The fraction of sp³-hybridized carbons (Fsp3) is 0.833. The molecule has 1 fully saturated rings. The van der Waals surface area contributed by atoms with Crippen LogP contribution in [0.1, 0.15) is 100 Å². The van der Waals surface area contributed by atoms with Gasteiger partial charge in [-0.2, -0.15) is 0 Å². The second-order valence-electron chi connectivity index (χ2n) is 14.5. The molecule has 0 aliphatic carbocycles. The number of nitrogens with one attached hydrogen (secondary N) is 6. The van der Waals surface area contributed by atoms with E-state index in [0.717, 1.165) is 13.1 Å². The molecule has 0 saturated carbocycles. The maximum absolute atomic E-state index is 13.6. The van der Waals surface area contributed by atoms with E-state index in [9.17, 15) is 28.8 Å². The number of morpholine rings is 1. The van der Waals surface area contributed by atoms with Crippen molar-refractivity contribution in [3.05, 3.63) is 0 Å². The maximum atomic E-state index is 13.6. The van der Waals surface area contributed by atoms with Crippen LogP contribution >= 0.6 is 0 Å². The molecule has 51 heavy (non-hydrogen) atoms. The van der Waals surface area contributed by atoms with Crippen LogP contribution in [-0.4, -0.2) is 122 Å². The number of ether oxygens (including phenoxy) is 1. The summed E-state index contributed by atoms with van der Waals surface area (Å²) in [6.07, 6.45) is 2.21. The van der Waals surface area contributed by atoms with Gasteiger partial charge in [0.15, 0.2) is 0 Å². The molecular formula is C36H67N7O8. The molecule has 0 unspecified atom stereocenters. The average molecular weight is 726 g/mol. The molecule has 0 aromatic rings. The van der Waals surface area contributed by atoms with E-state index >= 15 is 0 Å². The summed E-state index contributed by atoms with van der Waals surface area (Å²) in [5.74, 6) is -2.95. The summed E-state index contributed by atoms with van der Waals surface area (Å²) in [4.78, 5) is 78.8. The quantitative estimate of drug-likeness (QED) is 0.0715. The van der Waals surface area contributed by atoms with Crippen LogP contribution in [0.15, 0.2) is 0 Å². The normalized spacial score (nSPS) is 17.1. The smallest absolute Gasteiger partial charge is 0.303 e. The summed E-state index contributed by atoms with van der Waals surface area (Å²) >= 11 is 0. The van der Waals surface area contributed by atoms with Gasteiger partial charge in [0.05, 0.1) is 19.3 Å². The van der Waals surface area contributed by atoms with Crippen LogP contribution in [-0.2, 0) is 33.5 Å². The number of carboxylic acids is 1. The number of hydrogen-bond donors (Lipinski definition) is 7. The lowest BCUT2D eigenvalue weighted by Crippen LogP contribution is -2.58. The number of carbonyl (C=O) groups is 6. The van der Waals surface area contributed by atoms with Crippen molar-refractivity contribution in [3.8, 4) is 0 Å². The molecule has 15 heteroatoms. The fourth-order valence-corrected chi connectivity index (χ4v) is 5.73. The molecule has 5 amide bonds. The molecule has 7 N–H and O–H groups in total. The van der Waals surface area contributed by atoms with Crippen LogP contribution in [0.2, 0.25) is 0 Å². The minimum Gasteiger partial charge on any atom is -0.481 e. The summed E-state index contributed by atoms with van der Waals surface area (Å²) in [5, 5.41) is 26.5. The molecule has 0 aromatic heterocycles. The van der Waals surface area contributed by atoms with Crippen LogP contribution in [0.3, 0.4) is 0 Å². The third-order valence-corrected chi connectivity index (χ3v) is 9.06. The zero-order valence-electron chi connectivity index (χ0n) is 32.3. The van der Waals surface area contributed by atoms with Crippen molar-refractivity contribution in [1.82, 2.24) is 36.8 Å². The summed E-state index contributed by atoms with van der Waals surface area (Å²) in [5.41, 5.74) is 0. The largest absolute Gasteiger partial charge is 0.481 e. The number of amides is 5. The van der Waals surface area contributed by atoms with Gasteiger partial charge in [-0.15, -0.1) is 0 Å². The SMILES string of the molecule is CCC[C@H](NC(=O)[C@@H](NC(=O)CCCC(=O)O)[C@@H](C)CC)C(=O)N[C@H](CN[C@@H](C)C(=O)N[C@H](C(=O)NCCN1CCOCC1)C(C)C)CC(C)C. The van der Waals surface area contributed by atoms with Gasteiger partial charge in [0, 0.05) is 51.6 Å². The molecule has 0 aromatic carbocycles. The Kier molecular flexibility index (Phi) is 22.2. The topological polar surface area (TPSA) is 207 Å². The molecule has 1 aliphatic rings. The van der Waals surface area contributed by atoms with Gasteiger partial charge in [0.25, 0.3) is 0 Å². The van der Waals surface area contributed by atoms with E-state index < -0.39 is 42.0 Å². The van der Waals surface area contributed by atoms with E-state index in [1.165, 1.54) is 0 Å². The molecular weight excluding hydrogens is 658 g/mol. The second kappa shape index (κ2) is 24.8. The van der Waals surface area contributed by atoms with Crippen LogP contribution < -0.4 is 31.9 Å². The second-order valence-corrected chi connectivity index (χ2v) is 14.5. The van der Waals surface area contributed by atoms with E-state index in [0.29, 0.717) is 52.0 Å². The fourth-order valence-electron chi connectivity index (χ4n) is 5.73. The minimum absolute atomic E-state index is 0.0214. The van der Waals surface area contributed by atoms with Crippen molar-refractivity contribution < 1.29 is 38.6 Å². The number of aliphatic carboxylic acids is 1. The third kappa shape index (κ3) is 18.7. The standard InChI is InChI=1S/C36H67N7O8/c1-9-12-28(40-36(50)32(25(7)10-2)41-29(44)13-11-14-30(45)46)34(48)39-27(21-23(3)4)22-38-26(8)33(47)42-31(24(5)6)35(49)37-15-16-43-17-19-51-20-18-43/h23-28,31-32,38H,9-22H2,1-8H3,(H,37,49)(H,39,48)(H,40,50)(H,41,44)(H,42,47)(H,45,46)/t25-,26-,27-,28-,31-,32-/m0/s1. The predicted octanol–water partition coefficient (Wildman–Crippen LogP) is 1.16. The van der Waals surface area contributed by atoms with Gasteiger partial charge >= 0.3 is 5.97 Å². The number of rotatable bonds is 25. The van der Waals surface area contributed by atoms with Crippen molar-refractivity contribution in [1.29, 1.82) is 0 Å². The lowest BCUT2D eigenvalue weighted by atomic mass is 9.97. The van der Waals surface area contributed by atoms with E-state index in [-0.39, 0.29) is 67.3 Å². The first-order valence-corrected chi connectivity index (χ1v) is 18.8. The molecule has 1 heterocycles. The Labute approximate surface area is 304 Å². The van der Waals surface area contributed by atoms with Crippen molar-refractivity contribution in [2.75, 3.05) is 45.9 Å². The average Bonchev–Trinajstić information content (AvgIpc) is 3.07. The molecule has 0 spiro atoms. The Morgan fingerprint density at radius 2 is 1.45 bits per heavy atom. The zero-order valence-corrected chi connectivity index (χ0v) is 32.3. The number of nitrogens with zero attached hydrogens (tertiary/aromatic N) is 1. The molecule has 1 saturated heterocycles. The zero-order chi connectivity index (χ0) is 38.5. The Balaban J connectivity index is 2.83. The van der Waals surface area contributed by atoms with E-state index in [4.69, 9.17) is 9.84 Å². The molecule has 294 valence electrons. The molecule has 1 aliphatic heterocycles. The van der Waals surface area contributed by atoms with Crippen molar-refractivity contribution in [2.45, 2.75) is 131 Å². The molecule has 0 bridgehead atoms. The highest BCUT2D eigenvalue weighted by molar-refractivity contribution is 5.92. The van der Waals surface area contributed by atoms with Crippen molar-refractivity contribution >= 4 is 35.5 Å². The third-order valence-electron chi connectivity index (χ3n) is 9.06. The van der Waals surface area contributed by atoms with Gasteiger partial charge in [-0.25, -0.2) is 0 Å². The first-order chi connectivity index (χ1) is 24.1. The Morgan fingerprint density at radius 3 is 2.02 bits per heavy atom. The van der Waals surface area contributed by atoms with Crippen LogP contribution in [0.4, 0.5) is 0 Å². The van der Waals surface area contributed by atoms with Crippen molar-refractivity contribution in [2.24, 2.45) is 17.8 Å². The highest BCUT2D eigenvalue weighted by atomic mass is 16.5. The Hall–Kier alpha value is -3.30. The highest BCUT2D eigenvalue weighted by Crippen LogP contribution is 2.12. The summed E-state index contributed by atoms with van der Waals surface area (Å²) in [6.45, 7) is 19.7. The predicted molar refractivity (Wildman–Crippen MR) is 196 cm³/mol. The van der Waals surface area contributed by atoms with Crippen LogP contribution in [0.5, 0.6) is 0 Å².